The Kier molecular flexibility index (Phi) is 3.21. The van der Waals surface area contributed by atoms with E-state index in [-0.39, 0.29) is 5.69 Å². The molecule has 1 atom stereocenters. The van der Waals surface area contributed by atoms with Crippen LogP contribution in [-0.2, 0) is 0 Å². The molecule has 0 amide bonds. The van der Waals surface area contributed by atoms with E-state index in [0.717, 1.165) is 6.42 Å². The summed E-state index contributed by atoms with van der Waals surface area (Å²) in [6, 6.07) is 1.63. The van der Waals surface area contributed by atoms with E-state index in [0.29, 0.717) is 30.9 Å². The number of aliphatic hydroxyl groups is 1. The number of β-amino-alcohol motifs (C(OH)–C–C–N with tert-alkyl or cyclic N) is 1. The van der Waals surface area contributed by atoms with Gasteiger partial charge in [-0.2, -0.15) is 0 Å². The summed E-state index contributed by atoms with van der Waals surface area (Å²) in [4.78, 5) is 16.6. The first kappa shape index (κ1) is 12.8. The summed E-state index contributed by atoms with van der Waals surface area (Å²) in [6.07, 6.45) is 3.09. The van der Waals surface area contributed by atoms with Crippen molar-refractivity contribution in [2.75, 3.05) is 18.0 Å². The molecule has 6 nitrogen and oxygen atoms in total. The molecule has 1 aromatic heterocycles. The Bertz CT molecular complexity index is 474. The highest BCUT2D eigenvalue weighted by molar-refractivity contribution is 5.61. The van der Waals surface area contributed by atoms with E-state index in [4.69, 9.17) is 0 Å². The predicted molar refractivity (Wildman–Crippen MR) is 67.7 cm³/mol. The molecule has 2 heterocycles. The predicted octanol–water partition coefficient (Wildman–Crippen LogP) is 1.65. The number of hydrogen-bond donors (Lipinski definition) is 1. The molecule has 1 saturated heterocycles. The first-order valence-electron chi connectivity index (χ1n) is 5.98. The summed E-state index contributed by atoms with van der Waals surface area (Å²) in [5.41, 5.74) is -0.178. The second kappa shape index (κ2) is 4.53. The number of anilines is 1. The van der Waals surface area contributed by atoms with Gasteiger partial charge in [0.25, 0.3) is 0 Å². The first-order chi connectivity index (χ1) is 8.41. The Hall–Kier alpha value is -1.69. The molecule has 2 rings (SSSR count). The fourth-order valence-corrected chi connectivity index (χ4v) is 2.39. The van der Waals surface area contributed by atoms with Gasteiger partial charge in [-0.1, -0.05) is 0 Å². The Balaban J connectivity index is 2.39. The van der Waals surface area contributed by atoms with Crippen molar-refractivity contribution in [3.05, 3.63) is 27.9 Å². The molecule has 0 radical (unpaired) electrons. The summed E-state index contributed by atoms with van der Waals surface area (Å²) in [5, 5.41) is 21.2. The van der Waals surface area contributed by atoms with Crippen LogP contribution in [0, 0.1) is 17.0 Å². The van der Waals surface area contributed by atoms with Crippen LogP contribution >= 0.6 is 0 Å². The van der Waals surface area contributed by atoms with Crippen LogP contribution < -0.4 is 4.90 Å². The van der Waals surface area contributed by atoms with Crippen LogP contribution in [0.25, 0.3) is 0 Å². The third-order valence-electron chi connectivity index (χ3n) is 3.26. The number of hydrogen-bond acceptors (Lipinski definition) is 5. The fraction of sp³-hybridized carbons (Fsp3) is 0.583. The number of nitro groups is 1. The first-order valence-corrected chi connectivity index (χ1v) is 5.98. The molecule has 0 aliphatic carbocycles. The average molecular weight is 251 g/mol. The largest absolute Gasteiger partial charge is 0.388 e. The van der Waals surface area contributed by atoms with Crippen molar-refractivity contribution in [1.29, 1.82) is 0 Å². The van der Waals surface area contributed by atoms with Gasteiger partial charge in [0.05, 0.1) is 10.5 Å². The molecular weight excluding hydrogens is 234 g/mol. The molecule has 0 aromatic carbocycles. The lowest BCUT2D eigenvalue weighted by molar-refractivity contribution is -0.384. The van der Waals surface area contributed by atoms with Crippen LogP contribution in [0.4, 0.5) is 11.5 Å². The smallest absolute Gasteiger partial charge is 0.314 e. The quantitative estimate of drug-likeness (QED) is 0.638. The van der Waals surface area contributed by atoms with Gasteiger partial charge in [-0.3, -0.25) is 10.1 Å². The zero-order valence-corrected chi connectivity index (χ0v) is 10.6. The zero-order valence-electron chi connectivity index (χ0n) is 10.6. The maximum Gasteiger partial charge on any atom is 0.314 e. The van der Waals surface area contributed by atoms with Crippen molar-refractivity contribution in [3.63, 3.8) is 0 Å². The average Bonchev–Trinajstić information content (AvgIpc) is 2.26. The molecule has 1 unspecified atom stereocenters. The molecule has 0 saturated carbocycles. The minimum absolute atomic E-state index is 0.0372. The molecule has 1 N–H and O–H groups in total. The summed E-state index contributed by atoms with van der Waals surface area (Å²) in [7, 11) is 0. The van der Waals surface area contributed by atoms with Gasteiger partial charge >= 0.3 is 5.69 Å². The fourth-order valence-electron chi connectivity index (χ4n) is 2.39. The number of rotatable bonds is 2. The summed E-state index contributed by atoms with van der Waals surface area (Å²) < 4.78 is 0. The normalized spacial score (nSPS) is 24.1. The van der Waals surface area contributed by atoms with Crippen LogP contribution in [-0.4, -0.2) is 33.7 Å². The van der Waals surface area contributed by atoms with E-state index < -0.39 is 10.5 Å². The highest BCUT2D eigenvalue weighted by atomic mass is 16.6. The highest BCUT2D eigenvalue weighted by Crippen LogP contribution is 2.32. The molecule has 0 bridgehead atoms. The van der Waals surface area contributed by atoms with Gasteiger partial charge < -0.3 is 10.0 Å². The summed E-state index contributed by atoms with van der Waals surface area (Å²) >= 11 is 0. The Morgan fingerprint density at radius 1 is 1.61 bits per heavy atom. The molecule has 1 fully saturated rings. The SMILES string of the molecule is Cc1ccnc(N2CCCC(C)(O)C2)c1[N+](=O)[O-]. The monoisotopic (exact) mass is 251 g/mol. The Labute approximate surface area is 105 Å². The second-order valence-electron chi connectivity index (χ2n) is 5.08. The van der Waals surface area contributed by atoms with Gasteiger partial charge in [0, 0.05) is 24.8 Å². The third kappa shape index (κ3) is 2.43. The van der Waals surface area contributed by atoms with E-state index in [9.17, 15) is 15.2 Å². The van der Waals surface area contributed by atoms with Crippen molar-refractivity contribution in [1.82, 2.24) is 4.98 Å². The number of aryl methyl sites for hydroxylation is 1. The number of piperidine rings is 1. The highest BCUT2D eigenvalue weighted by Gasteiger charge is 2.32. The maximum absolute atomic E-state index is 11.1. The summed E-state index contributed by atoms with van der Waals surface area (Å²) in [5.74, 6) is 0.361. The molecule has 0 spiro atoms. The van der Waals surface area contributed by atoms with E-state index in [1.54, 1.807) is 31.0 Å². The molecule has 1 aliphatic rings. The molecule has 1 aromatic rings. The Morgan fingerprint density at radius 2 is 2.33 bits per heavy atom. The van der Waals surface area contributed by atoms with Gasteiger partial charge in [-0.25, -0.2) is 4.98 Å². The third-order valence-corrected chi connectivity index (χ3v) is 3.26. The van der Waals surface area contributed by atoms with Gasteiger partial charge in [0.15, 0.2) is 0 Å². The van der Waals surface area contributed by atoms with E-state index >= 15 is 0 Å². The minimum Gasteiger partial charge on any atom is -0.388 e. The number of pyridine rings is 1. The van der Waals surface area contributed by atoms with Crippen molar-refractivity contribution in [2.24, 2.45) is 0 Å². The lowest BCUT2D eigenvalue weighted by Gasteiger charge is -2.37. The maximum atomic E-state index is 11.1. The zero-order chi connectivity index (χ0) is 13.3. The molecule has 6 heteroatoms. The van der Waals surface area contributed by atoms with Gasteiger partial charge in [-0.15, -0.1) is 0 Å². The van der Waals surface area contributed by atoms with Gasteiger partial charge in [0.1, 0.15) is 0 Å². The molecule has 1 aliphatic heterocycles. The topological polar surface area (TPSA) is 79.5 Å². The van der Waals surface area contributed by atoms with Crippen molar-refractivity contribution >= 4 is 11.5 Å². The lowest BCUT2D eigenvalue weighted by Crippen LogP contribution is -2.46. The van der Waals surface area contributed by atoms with E-state index in [2.05, 4.69) is 4.98 Å². The standard InChI is InChI=1S/C12H17N3O3/c1-9-4-6-13-11(10(9)15(17)18)14-7-3-5-12(2,16)8-14/h4,6,16H,3,5,7-8H2,1-2H3. The second-order valence-corrected chi connectivity index (χ2v) is 5.08. The van der Waals surface area contributed by atoms with Crippen LogP contribution in [0.3, 0.4) is 0 Å². The molecular formula is C12H17N3O3. The molecule has 98 valence electrons. The van der Waals surface area contributed by atoms with Crippen molar-refractivity contribution in [3.8, 4) is 0 Å². The summed E-state index contributed by atoms with van der Waals surface area (Å²) in [6.45, 7) is 4.52. The van der Waals surface area contributed by atoms with Gasteiger partial charge in [0.2, 0.25) is 5.82 Å². The van der Waals surface area contributed by atoms with E-state index in [1.807, 2.05) is 0 Å². The number of nitrogens with zero attached hydrogens (tertiary/aromatic N) is 3. The van der Waals surface area contributed by atoms with Crippen LogP contribution in [0.2, 0.25) is 0 Å². The lowest BCUT2D eigenvalue weighted by atomic mass is 9.95. The molecule has 18 heavy (non-hydrogen) atoms. The Morgan fingerprint density at radius 3 is 2.94 bits per heavy atom. The van der Waals surface area contributed by atoms with Crippen LogP contribution in [0.5, 0.6) is 0 Å². The van der Waals surface area contributed by atoms with Crippen LogP contribution in [0.15, 0.2) is 12.3 Å². The van der Waals surface area contributed by atoms with Gasteiger partial charge in [-0.05, 0) is 32.8 Å². The van der Waals surface area contributed by atoms with Crippen LogP contribution in [0.1, 0.15) is 25.3 Å². The number of aromatic nitrogens is 1. The van der Waals surface area contributed by atoms with Crippen molar-refractivity contribution in [2.45, 2.75) is 32.3 Å². The van der Waals surface area contributed by atoms with E-state index in [1.165, 1.54) is 0 Å². The van der Waals surface area contributed by atoms with Crippen molar-refractivity contribution < 1.29 is 10.0 Å². The minimum atomic E-state index is -0.808.